The minimum absolute atomic E-state index is 0.235. The fraction of sp³-hybridized carbons (Fsp3) is 0.211. The first-order chi connectivity index (χ1) is 10.6. The van der Waals surface area contributed by atoms with Gasteiger partial charge in [-0.15, -0.1) is 0 Å². The number of para-hydroxylation sites is 1. The molecule has 0 fully saturated rings. The van der Waals surface area contributed by atoms with Gasteiger partial charge >= 0.3 is 5.97 Å². The zero-order valence-corrected chi connectivity index (χ0v) is 13.1. The summed E-state index contributed by atoms with van der Waals surface area (Å²) in [7, 11) is 0. The maximum Gasteiger partial charge on any atom is 0.315 e. The van der Waals surface area contributed by atoms with Crippen molar-refractivity contribution in [2.75, 3.05) is 0 Å². The van der Waals surface area contributed by atoms with Crippen molar-refractivity contribution in [3.8, 4) is 5.75 Å². The molecule has 1 aromatic heterocycles. The second-order valence-electron chi connectivity index (χ2n) is 5.66. The molecule has 0 radical (unpaired) electrons. The lowest BCUT2D eigenvalue weighted by molar-refractivity contribution is -0.133. The Bertz CT molecular complexity index is 846. The predicted molar refractivity (Wildman–Crippen MR) is 88.3 cm³/mol. The van der Waals surface area contributed by atoms with Crippen LogP contribution in [0.4, 0.5) is 0 Å². The van der Waals surface area contributed by atoms with E-state index in [1.807, 2.05) is 63.4 Å². The zero-order valence-electron chi connectivity index (χ0n) is 13.1. The first-order valence-corrected chi connectivity index (χ1v) is 7.38. The number of aromatic amines is 1. The maximum atomic E-state index is 12.3. The first-order valence-electron chi connectivity index (χ1n) is 7.38. The number of hydrogen-bond donors (Lipinski definition) is 1. The van der Waals surface area contributed by atoms with E-state index < -0.39 is 0 Å². The SMILES string of the molecule is Cc1ccc(C)c(OC(=O)Cc2c[nH]c3ccccc23)c1C. The zero-order chi connectivity index (χ0) is 15.7. The van der Waals surface area contributed by atoms with Gasteiger partial charge in [0.2, 0.25) is 0 Å². The molecule has 3 aromatic rings. The Kier molecular flexibility index (Phi) is 3.72. The van der Waals surface area contributed by atoms with Crippen LogP contribution >= 0.6 is 0 Å². The van der Waals surface area contributed by atoms with Gasteiger partial charge in [-0.2, -0.15) is 0 Å². The van der Waals surface area contributed by atoms with Gasteiger partial charge < -0.3 is 9.72 Å². The Labute approximate surface area is 129 Å². The largest absolute Gasteiger partial charge is 0.426 e. The Morgan fingerprint density at radius 2 is 1.77 bits per heavy atom. The maximum absolute atomic E-state index is 12.3. The van der Waals surface area contributed by atoms with Gasteiger partial charge in [0, 0.05) is 17.1 Å². The van der Waals surface area contributed by atoms with Crippen molar-refractivity contribution in [3.05, 3.63) is 64.8 Å². The minimum atomic E-state index is -0.235. The molecule has 22 heavy (non-hydrogen) atoms. The number of hydrogen-bond acceptors (Lipinski definition) is 2. The summed E-state index contributed by atoms with van der Waals surface area (Å²) in [5, 5.41) is 1.07. The van der Waals surface area contributed by atoms with Crippen LogP contribution < -0.4 is 4.74 Å². The Morgan fingerprint density at radius 1 is 1.05 bits per heavy atom. The van der Waals surface area contributed by atoms with Crippen LogP contribution in [-0.2, 0) is 11.2 Å². The number of fused-ring (bicyclic) bond motifs is 1. The monoisotopic (exact) mass is 293 g/mol. The highest BCUT2D eigenvalue weighted by Gasteiger charge is 2.14. The lowest BCUT2D eigenvalue weighted by Crippen LogP contribution is -2.13. The molecule has 0 aliphatic heterocycles. The van der Waals surface area contributed by atoms with Gasteiger partial charge in [0.25, 0.3) is 0 Å². The summed E-state index contributed by atoms with van der Waals surface area (Å²) < 4.78 is 5.63. The third-order valence-electron chi connectivity index (χ3n) is 4.10. The van der Waals surface area contributed by atoms with E-state index in [0.29, 0.717) is 5.75 Å². The summed E-state index contributed by atoms with van der Waals surface area (Å²) in [6.07, 6.45) is 2.14. The lowest BCUT2D eigenvalue weighted by atomic mass is 10.1. The quantitative estimate of drug-likeness (QED) is 0.579. The second kappa shape index (κ2) is 5.68. The number of benzene rings is 2. The van der Waals surface area contributed by atoms with Crippen molar-refractivity contribution in [1.82, 2.24) is 4.98 Å². The van der Waals surface area contributed by atoms with Crippen molar-refractivity contribution in [2.24, 2.45) is 0 Å². The van der Waals surface area contributed by atoms with E-state index in [4.69, 9.17) is 4.74 Å². The van der Waals surface area contributed by atoms with E-state index in [1.54, 1.807) is 0 Å². The van der Waals surface area contributed by atoms with E-state index in [1.165, 1.54) is 0 Å². The Hall–Kier alpha value is -2.55. The first kappa shape index (κ1) is 14.4. The van der Waals surface area contributed by atoms with Crippen LogP contribution in [0.3, 0.4) is 0 Å². The number of rotatable bonds is 3. The highest BCUT2D eigenvalue weighted by atomic mass is 16.5. The van der Waals surface area contributed by atoms with Gasteiger partial charge in [0.1, 0.15) is 5.75 Å². The summed E-state index contributed by atoms with van der Waals surface area (Å²) in [6.45, 7) is 5.96. The molecule has 0 saturated carbocycles. The molecule has 0 unspecified atom stereocenters. The summed E-state index contributed by atoms with van der Waals surface area (Å²) in [5.41, 5.74) is 5.12. The van der Waals surface area contributed by atoms with Crippen LogP contribution in [0.25, 0.3) is 10.9 Å². The van der Waals surface area contributed by atoms with Crippen LogP contribution in [-0.4, -0.2) is 11.0 Å². The molecule has 0 aliphatic carbocycles. The molecule has 0 atom stereocenters. The summed E-state index contributed by atoms with van der Waals surface area (Å²) in [4.78, 5) is 15.5. The van der Waals surface area contributed by atoms with Crippen LogP contribution in [0.2, 0.25) is 0 Å². The Balaban J connectivity index is 1.83. The number of esters is 1. The van der Waals surface area contributed by atoms with Crippen LogP contribution in [0.1, 0.15) is 22.3 Å². The molecule has 1 heterocycles. The molecule has 0 amide bonds. The molecule has 0 saturated heterocycles. The predicted octanol–water partition coefficient (Wildman–Crippen LogP) is 4.24. The normalized spacial score (nSPS) is 10.9. The fourth-order valence-corrected chi connectivity index (χ4v) is 2.67. The Morgan fingerprint density at radius 3 is 2.59 bits per heavy atom. The highest BCUT2D eigenvalue weighted by Crippen LogP contribution is 2.26. The summed E-state index contributed by atoms with van der Waals surface area (Å²) in [6, 6.07) is 12.0. The number of aromatic nitrogens is 1. The van der Waals surface area contributed by atoms with Crippen LogP contribution in [0, 0.1) is 20.8 Å². The molecule has 3 heteroatoms. The number of ether oxygens (including phenoxy) is 1. The molecular weight excluding hydrogens is 274 g/mol. The third-order valence-corrected chi connectivity index (χ3v) is 4.10. The number of aryl methyl sites for hydroxylation is 2. The number of nitrogens with one attached hydrogen (secondary N) is 1. The van der Waals surface area contributed by atoms with Crippen molar-refractivity contribution in [3.63, 3.8) is 0 Å². The average Bonchev–Trinajstić information content (AvgIpc) is 2.91. The van der Waals surface area contributed by atoms with Crippen LogP contribution in [0.15, 0.2) is 42.6 Å². The lowest BCUT2D eigenvalue weighted by Gasteiger charge is -2.12. The molecule has 1 N–H and O–H groups in total. The third kappa shape index (κ3) is 2.62. The van der Waals surface area contributed by atoms with E-state index >= 15 is 0 Å². The molecule has 112 valence electrons. The number of H-pyrrole nitrogens is 1. The van der Waals surface area contributed by atoms with E-state index in [9.17, 15) is 4.79 Å². The van der Waals surface area contributed by atoms with Crippen LogP contribution in [0.5, 0.6) is 5.75 Å². The molecule has 3 nitrogen and oxygen atoms in total. The molecule has 3 rings (SSSR count). The van der Waals surface area contributed by atoms with Gasteiger partial charge in [0.05, 0.1) is 6.42 Å². The van der Waals surface area contributed by atoms with Crippen molar-refractivity contribution in [1.29, 1.82) is 0 Å². The number of carbonyl (C=O) groups is 1. The van der Waals surface area contributed by atoms with Gasteiger partial charge in [0.15, 0.2) is 0 Å². The second-order valence-corrected chi connectivity index (χ2v) is 5.66. The standard InChI is InChI=1S/C19H19NO2/c1-12-8-9-13(2)19(14(12)3)22-18(21)10-15-11-20-17-7-5-4-6-16(15)17/h4-9,11,20H,10H2,1-3H3. The smallest absolute Gasteiger partial charge is 0.315 e. The summed E-state index contributed by atoms with van der Waals surface area (Å²) in [5.74, 6) is 0.450. The van der Waals surface area contributed by atoms with Crippen molar-refractivity contribution >= 4 is 16.9 Å². The van der Waals surface area contributed by atoms with Gasteiger partial charge in [-0.25, -0.2) is 0 Å². The van der Waals surface area contributed by atoms with Crippen molar-refractivity contribution < 1.29 is 9.53 Å². The van der Waals surface area contributed by atoms with E-state index in [2.05, 4.69) is 4.98 Å². The molecular formula is C19H19NO2. The molecule has 0 aliphatic rings. The topological polar surface area (TPSA) is 42.1 Å². The highest BCUT2D eigenvalue weighted by molar-refractivity contribution is 5.87. The van der Waals surface area contributed by atoms with Gasteiger partial charge in [-0.3, -0.25) is 4.79 Å². The fourth-order valence-electron chi connectivity index (χ4n) is 2.67. The molecule has 0 bridgehead atoms. The molecule has 2 aromatic carbocycles. The number of carbonyl (C=O) groups excluding carboxylic acids is 1. The minimum Gasteiger partial charge on any atom is -0.426 e. The average molecular weight is 293 g/mol. The van der Waals surface area contributed by atoms with Gasteiger partial charge in [-0.1, -0.05) is 30.3 Å². The van der Waals surface area contributed by atoms with Gasteiger partial charge in [-0.05, 0) is 49.1 Å². The van der Waals surface area contributed by atoms with Crippen molar-refractivity contribution in [2.45, 2.75) is 27.2 Å². The summed E-state index contributed by atoms with van der Waals surface area (Å²) >= 11 is 0. The van der Waals surface area contributed by atoms with E-state index in [-0.39, 0.29) is 12.4 Å². The molecule has 0 spiro atoms. The van der Waals surface area contributed by atoms with E-state index in [0.717, 1.165) is 33.2 Å².